The van der Waals surface area contributed by atoms with Crippen LogP contribution in [-0.4, -0.2) is 25.2 Å². The predicted octanol–water partition coefficient (Wildman–Crippen LogP) is 3.29. The molecule has 2 N–H and O–H groups in total. The molecule has 2 amide bonds. The molecule has 2 aromatic rings. The summed E-state index contributed by atoms with van der Waals surface area (Å²) in [6.45, 7) is 2.67. The van der Waals surface area contributed by atoms with Gasteiger partial charge in [0.1, 0.15) is 0 Å². The first kappa shape index (κ1) is 16.0. The van der Waals surface area contributed by atoms with Crippen molar-refractivity contribution in [3.05, 3.63) is 52.2 Å². The molecular weight excluding hydrogens is 300 g/mol. The lowest BCUT2D eigenvalue weighted by atomic mass is 10.2. The van der Waals surface area contributed by atoms with Gasteiger partial charge in [-0.05, 0) is 49.1 Å². The Morgan fingerprint density at radius 3 is 2.59 bits per heavy atom. The monoisotopic (exact) mass is 318 g/mol. The molecule has 116 valence electrons. The molecule has 1 heterocycles. The summed E-state index contributed by atoms with van der Waals surface area (Å²) in [6.07, 6.45) is 0.812. The predicted molar refractivity (Wildman–Crippen MR) is 87.4 cm³/mol. The fourth-order valence-electron chi connectivity index (χ4n) is 1.83. The van der Waals surface area contributed by atoms with E-state index in [2.05, 4.69) is 10.6 Å². The van der Waals surface area contributed by atoms with Crippen LogP contribution in [0.1, 0.15) is 22.2 Å². The molecule has 0 bridgehead atoms. The number of urea groups is 1. The molecule has 0 aliphatic carbocycles. The van der Waals surface area contributed by atoms with E-state index < -0.39 is 0 Å². The minimum Gasteiger partial charge on any atom is -0.462 e. The van der Waals surface area contributed by atoms with Crippen molar-refractivity contribution in [1.29, 1.82) is 0 Å². The average molecular weight is 318 g/mol. The lowest BCUT2D eigenvalue weighted by Gasteiger charge is -2.08. The molecule has 0 atom stereocenters. The minimum absolute atomic E-state index is 0.263. The van der Waals surface area contributed by atoms with Gasteiger partial charge in [0.25, 0.3) is 0 Å². The lowest BCUT2D eigenvalue weighted by Crippen LogP contribution is -2.30. The van der Waals surface area contributed by atoms with E-state index in [4.69, 9.17) is 4.74 Å². The molecule has 2 rings (SSSR count). The molecule has 1 aromatic carbocycles. The van der Waals surface area contributed by atoms with Crippen LogP contribution in [0.15, 0.2) is 41.8 Å². The van der Waals surface area contributed by atoms with Gasteiger partial charge in [-0.15, -0.1) is 11.3 Å². The second-order valence-electron chi connectivity index (χ2n) is 4.51. The van der Waals surface area contributed by atoms with E-state index in [1.165, 1.54) is 4.88 Å². The molecule has 22 heavy (non-hydrogen) atoms. The van der Waals surface area contributed by atoms with Crippen molar-refractivity contribution in [2.24, 2.45) is 0 Å². The summed E-state index contributed by atoms with van der Waals surface area (Å²) in [5.74, 6) is -0.366. The Labute approximate surface area is 133 Å². The van der Waals surface area contributed by atoms with Crippen LogP contribution in [0, 0.1) is 0 Å². The number of hydrogen-bond acceptors (Lipinski definition) is 4. The number of benzene rings is 1. The van der Waals surface area contributed by atoms with Crippen LogP contribution in [-0.2, 0) is 11.2 Å². The van der Waals surface area contributed by atoms with Crippen molar-refractivity contribution < 1.29 is 14.3 Å². The summed E-state index contributed by atoms with van der Waals surface area (Å²) in [7, 11) is 0. The largest absolute Gasteiger partial charge is 0.462 e. The molecular formula is C16H18N2O3S. The third-order valence-corrected chi connectivity index (χ3v) is 3.83. The smallest absolute Gasteiger partial charge is 0.338 e. The molecule has 0 fully saturated rings. The van der Waals surface area contributed by atoms with Crippen LogP contribution < -0.4 is 10.6 Å². The van der Waals surface area contributed by atoms with Gasteiger partial charge < -0.3 is 15.4 Å². The van der Waals surface area contributed by atoms with Gasteiger partial charge in [-0.1, -0.05) is 6.07 Å². The maximum absolute atomic E-state index is 11.8. The van der Waals surface area contributed by atoms with Crippen molar-refractivity contribution in [1.82, 2.24) is 5.32 Å². The molecule has 0 aliphatic rings. The van der Waals surface area contributed by atoms with Gasteiger partial charge in [-0.2, -0.15) is 0 Å². The number of hydrogen-bond donors (Lipinski definition) is 2. The zero-order chi connectivity index (χ0) is 15.8. The Morgan fingerprint density at radius 1 is 1.18 bits per heavy atom. The van der Waals surface area contributed by atoms with Gasteiger partial charge in [-0.25, -0.2) is 9.59 Å². The molecule has 1 aromatic heterocycles. The number of carbonyl (C=O) groups is 2. The Morgan fingerprint density at radius 2 is 1.95 bits per heavy atom. The first-order chi connectivity index (χ1) is 10.7. The summed E-state index contributed by atoms with van der Waals surface area (Å²) in [4.78, 5) is 24.5. The second-order valence-corrected chi connectivity index (χ2v) is 5.54. The third kappa shape index (κ3) is 4.89. The maximum Gasteiger partial charge on any atom is 0.338 e. The van der Waals surface area contributed by atoms with E-state index in [0.717, 1.165) is 6.42 Å². The molecule has 0 aliphatic heterocycles. The van der Waals surface area contributed by atoms with Crippen molar-refractivity contribution in [3.63, 3.8) is 0 Å². The summed E-state index contributed by atoms with van der Waals surface area (Å²) < 4.78 is 4.90. The van der Waals surface area contributed by atoms with Crippen LogP contribution >= 0.6 is 11.3 Å². The Balaban J connectivity index is 1.77. The van der Waals surface area contributed by atoms with Crippen molar-refractivity contribution in [2.75, 3.05) is 18.5 Å². The van der Waals surface area contributed by atoms with Crippen LogP contribution in [0.4, 0.5) is 10.5 Å². The van der Waals surface area contributed by atoms with Gasteiger partial charge >= 0.3 is 12.0 Å². The molecule has 0 saturated carbocycles. The lowest BCUT2D eigenvalue weighted by molar-refractivity contribution is 0.0526. The first-order valence-electron chi connectivity index (χ1n) is 7.03. The van der Waals surface area contributed by atoms with Gasteiger partial charge in [-0.3, -0.25) is 0 Å². The molecule has 6 heteroatoms. The van der Waals surface area contributed by atoms with Crippen molar-refractivity contribution in [2.45, 2.75) is 13.3 Å². The van der Waals surface area contributed by atoms with Gasteiger partial charge in [0.2, 0.25) is 0 Å². The van der Waals surface area contributed by atoms with Gasteiger partial charge in [0.05, 0.1) is 12.2 Å². The van der Waals surface area contributed by atoms with E-state index in [9.17, 15) is 9.59 Å². The highest BCUT2D eigenvalue weighted by Gasteiger charge is 2.07. The topological polar surface area (TPSA) is 67.4 Å². The number of ether oxygens (including phenoxy) is 1. The summed E-state index contributed by atoms with van der Waals surface area (Å²) in [5.41, 5.74) is 1.09. The highest BCUT2D eigenvalue weighted by Crippen LogP contribution is 2.11. The standard InChI is InChI=1S/C16H18N2O3S/c1-2-21-15(19)12-5-7-13(8-6-12)18-16(20)17-10-9-14-4-3-11-22-14/h3-8,11H,2,9-10H2,1H3,(H2,17,18,20). The van der Waals surface area contributed by atoms with E-state index in [0.29, 0.717) is 24.4 Å². The number of carbonyl (C=O) groups excluding carboxylic acids is 2. The fourth-order valence-corrected chi connectivity index (χ4v) is 2.54. The quantitative estimate of drug-likeness (QED) is 0.803. The van der Waals surface area contributed by atoms with E-state index in [-0.39, 0.29) is 12.0 Å². The zero-order valence-corrected chi connectivity index (χ0v) is 13.1. The molecule has 0 unspecified atom stereocenters. The number of rotatable bonds is 6. The average Bonchev–Trinajstić information content (AvgIpc) is 3.01. The highest BCUT2D eigenvalue weighted by molar-refractivity contribution is 7.09. The SMILES string of the molecule is CCOC(=O)c1ccc(NC(=O)NCCc2cccs2)cc1. The van der Waals surface area contributed by atoms with Crippen molar-refractivity contribution in [3.8, 4) is 0 Å². The Bertz CT molecular complexity index is 609. The van der Waals surface area contributed by atoms with Crippen LogP contribution in [0.25, 0.3) is 0 Å². The first-order valence-corrected chi connectivity index (χ1v) is 7.91. The van der Waals surface area contributed by atoms with Crippen LogP contribution in [0.3, 0.4) is 0 Å². The summed E-state index contributed by atoms with van der Waals surface area (Å²) >= 11 is 1.67. The van der Waals surface area contributed by atoms with Gasteiger partial charge in [0, 0.05) is 17.1 Å². The highest BCUT2D eigenvalue weighted by atomic mass is 32.1. The molecule has 0 radical (unpaired) electrons. The number of thiophene rings is 1. The number of esters is 1. The van der Waals surface area contributed by atoms with E-state index in [1.807, 2.05) is 17.5 Å². The van der Waals surface area contributed by atoms with Gasteiger partial charge in [0.15, 0.2) is 0 Å². The normalized spacial score (nSPS) is 10.0. The molecule has 0 saturated heterocycles. The van der Waals surface area contributed by atoms with Crippen molar-refractivity contribution >= 4 is 29.0 Å². The fraction of sp³-hybridized carbons (Fsp3) is 0.250. The third-order valence-electron chi connectivity index (χ3n) is 2.89. The number of amides is 2. The Kier molecular flexibility index (Phi) is 5.97. The maximum atomic E-state index is 11.8. The zero-order valence-electron chi connectivity index (χ0n) is 12.3. The molecule has 0 spiro atoms. The van der Waals surface area contributed by atoms with E-state index >= 15 is 0 Å². The second kappa shape index (κ2) is 8.19. The summed E-state index contributed by atoms with van der Waals surface area (Å²) in [6, 6.07) is 10.4. The van der Waals surface area contributed by atoms with Crippen LogP contribution in [0.2, 0.25) is 0 Å². The summed E-state index contributed by atoms with van der Waals surface area (Å²) in [5, 5.41) is 7.53. The van der Waals surface area contributed by atoms with E-state index in [1.54, 1.807) is 42.5 Å². The number of anilines is 1. The Hall–Kier alpha value is -2.34. The molecule has 5 nitrogen and oxygen atoms in total. The van der Waals surface area contributed by atoms with Crippen LogP contribution in [0.5, 0.6) is 0 Å². The number of nitrogens with one attached hydrogen (secondary N) is 2. The minimum atomic E-state index is -0.366.